The predicted molar refractivity (Wildman–Crippen MR) is 146 cm³/mol. The van der Waals surface area contributed by atoms with Gasteiger partial charge in [-0.25, -0.2) is 9.97 Å². The summed E-state index contributed by atoms with van der Waals surface area (Å²) < 4.78 is 4.79. The van der Waals surface area contributed by atoms with Gasteiger partial charge in [0, 0.05) is 35.2 Å². The highest BCUT2D eigenvalue weighted by molar-refractivity contribution is 5.94. The highest BCUT2D eigenvalue weighted by Crippen LogP contribution is 2.36. The minimum Gasteiger partial charge on any atom is -0.341 e. The van der Waals surface area contributed by atoms with Crippen molar-refractivity contribution < 1.29 is 0 Å². The van der Waals surface area contributed by atoms with Crippen LogP contribution in [-0.2, 0) is 13.1 Å². The van der Waals surface area contributed by atoms with Crippen LogP contribution in [0.4, 0.5) is 0 Å². The molecule has 5 rings (SSSR count). The number of allylic oxidation sites excluding steroid dienone is 2. The van der Waals surface area contributed by atoms with E-state index in [1.807, 2.05) is 0 Å². The van der Waals surface area contributed by atoms with E-state index in [2.05, 4.69) is 101 Å². The van der Waals surface area contributed by atoms with Gasteiger partial charge in [0.15, 0.2) is 0 Å². The number of aryl methyl sites for hydroxylation is 6. The Labute approximate surface area is 202 Å². The summed E-state index contributed by atoms with van der Waals surface area (Å²) in [5.41, 5.74) is 16.7. The molecule has 0 spiro atoms. The van der Waals surface area contributed by atoms with Gasteiger partial charge in [-0.05, 0) is 125 Å². The third kappa shape index (κ3) is 3.19. The summed E-state index contributed by atoms with van der Waals surface area (Å²) in [5, 5.41) is 0. The lowest BCUT2D eigenvalue weighted by Gasteiger charge is -2.07. The highest BCUT2D eigenvalue weighted by atomic mass is 15.0. The average molecular weight is 451 g/mol. The lowest BCUT2D eigenvalue weighted by atomic mass is 10.0. The Hall–Kier alpha value is -3.40. The third-order valence-corrected chi connectivity index (χ3v) is 7.72. The van der Waals surface area contributed by atoms with Crippen molar-refractivity contribution in [1.82, 2.24) is 19.1 Å². The Morgan fingerprint density at radius 2 is 1.24 bits per heavy atom. The largest absolute Gasteiger partial charge is 0.341 e. The molecule has 3 aromatic heterocycles. The molecular weight excluding hydrogens is 416 g/mol. The van der Waals surface area contributed by atoms with E-state index >= 15 is 0 Å². The lowest BCUT2D eigenvalue weighted by Crippen LogP contribution is -1.97. The van der Waals surface area contributed by atoms with Crippen LogP contribution in [-0.4, -0.2) is 19.1 Å². The first kappa shape index (κ1) is 22.4. The second-order valence-corrected chi connectivity index (χ2v) is 9.51. The van der Waals surface area contributed by atoms with Gasteiger partial charge in [0.1, 0.15) is 0 Å². The minimum atomic E-state index is 0.894. The molecule has 0 unspecified atom stereocenters. The molecule has 0 amide bonds. The maximum Gasteiger partial charge on any atom is 0.0719 e. The molecule has 0 aromatic carbocycles. The summed E-state index contributed by atoms with van der Waals surface area (Å²) in [4.78, 5) is 10.2. The SMILES string of the molecule is CCn1c2ccc1c(C)c1nc(c(C)c3c(C)c(C)c(cc4nc(c2)C=C4)n3CC)C(C)=C1C. The van der Waals surface area contributed by atoms with Crippen molar-refractivity contribution in [2.75, 3.05) is 0 Å². The van der Waals surface area contributed by atoms with Crippen LogP contribution in [0.15, 0.2) is 24.3 Å². The van der Waals surface area contributed by atoms with Crippen molar-refractivity contribution in [3.63, 3.8) is 0 Å². The third-order valence-electron chi connectivity index (χ3n) is 7.72. The molecule has 8 bridgehead atoms. The molecule has 5 heterocycles. The van der Waals surface area contributed by atoms with Gasteiger partial charge >= 0.3 is 0 Å². The maximum atomic E-state index is 5.27. The summed E-state index contributed by atoms with van der Waals surface area (Å²) in [6.45, 7) is 19.5. The van der Waals surface area contributed by atoms with E-state index in [9.17, 15) is 0 Å². The zero-order valence-corrected chi connectivity index (χ0v) is 21.7. The molecule has 4 nitrogen and oxygen atoms in total. The van der Waals surface area contributed by atoms with E-state index in [0.29, 0.717) is 0 Å². The lowest BCUT2D eigenvalue weighted by molar-refractivity contribution is 0.820. The first-order valence-electron chi connectivity index (χ1n) is 12.3. The molecule has 0 fully saturated rings. The first-order valence-corrected chi connectivity index (χ1v) is 12.3. The van der Waals surface area contributed by atoms with E-state index in [4.69, 9.17) is 9.97 Å². The molecule has 0 atom stereocenters. The highest BCUT2D eigenvalue weighted by Gasteiger charge is 2.20. The van der Waals surface area contributed by atoms with Gasteiger partial charge < -0.3 is 9.13 Å². The summed E-state index contributed by atoms with van der Waals surface area (Å²) >= 11 is 0. The summed E-state index contributed by atoms with van der Waals surface area (Å²) in [6.07, 6.45) is 4.24. The normalized spacial score (nSPS) is 13.3. The quantitative estimate of drug-likeness (QED) is 0.314. The summed E-state index contributed by atoms with van der Waals surface area (Å²) in [7, 11) is 0. The zero-order valence-electron chi connectivity index (χ0n) is 21.7. The molecule has 2 aliphatic rings. The molecular formula is C30H34N4. The van der Waals surface area contributed by atoms with Crippen molar-refractivity contribution in [1.29, 1.82) is 0 Å². The number of rotatable bonds is 2. The molecule has 34 heavy (non-hydrogen) atoms. The molecule has 0 N–H and O–H groups in total. The molecule has 0 saturated carbocycles. The molecule has 174 valence electrons. The number of hydrogen-bond donors (Lipinski definition) is 0. The zero-order chi connectivity index (χ0) is 24.3. The van der Waals surface area contributed by atoms with Crippen molar-refractivity contribution in [2.45, 2.75) is 68.5 Å². The molecule has 0 saturated heterocycles. The summed E-state index contributed by atoms with van der Waals surface area (Å²) in [6, 6.07) is 8.84. The second-order valence-electron chi connectivity index (χ2n) is 9.51. The Kier molecular flexibility index (Phi) is 5.35. The van der Waals surface area contributed by atoms with E-state index in [0.717, 1.165) is 35.9 Å². The number of fused-ring (bicyclic) bond motifs is 8. The Morgan fingerprint density at radius 1 is 0.618 bits per heavy atom. The van der Waals surface area contributed by atoms with Gasteiger partial charge in [-0.15, -0.1) is 0 Å². The van der Waals surface area contributed by atoms with Crippen LogP contribution in [0, 0.1) is 27.7 Å². The predicted octanol–water partition coefficient (Wildman–Crippen LogP) is 7.66. The van der Waals surface area contributed by atoms with Gasteiger partial charge in [-0.1, -0.05) is 0 Å². The van der Waals surface area contributed by atoms with Crippen LogP contribution in [0.1, 0.15) is 72.7 Å². The maximum absolute atomic E-state index is 5.27. The van der Waals surface area contributed by atoms with Gasteiger partial charge in [0.2, 0.25) is 0 Å². The van der Waals surface area contributed by atoms with Crippen molar-refractivity contribution in [3.8, 4) is 0 Å². The monoisotopic (exact) mass is 450 g/mol. The van der Waals surface area contributed by atoms with E-state index in [1.54, 1.807) is 0 Å². The average Bonchev–Trinajstić information content (AvgIpc) is 3.56. The smallest absolute Gasteiger partial charge is 0.0719 e. The van der Waals surface area contributed by atoms with Crippen LogP contribution in [0.3, 0.4) is 0 Å². The van der Waals surface area contributed by atoms with Crippen molar-refractivity contribution in [3.05, 3.63) is 69.3 Å². The van der Waals surface area contributed by atoms with Crippen LogP contribution in [0.5, 0.6) is 0 Å². The van der Waals surface area contributed by atoms with E-state index in [1.165, 1.54) is 55.5 Å². The van der Waals surface area contributed by atoms with E-state index < -0.39 is 0 Å². The Morgan fingerprint density at radius 3 is 1.88 bits per heavy atom. The van der Waals surface area contributed by atoms with Gasteiger partial charge in [0.25, 0.3) is 0 Å². The van der Waals surface area contributed by atoms with E-state index in [-0.39, 0.29) is 0 Å². The fourth-order valence-electron chi connectivity index (χ4n) is 5.63. The molecule has 4 heteroatoms. The fourth-order valence-corrected chi connectivity index (χ4v) is 5.63. The van der Waals surface area contributed by atoms with Crippen LogP contribution >= 0.6 is 0 Å². The fraction of sp³-hybridized carbons (Fsp3) is 0.333. The topological polar surface area (TPSA) is 35.6 Å². The van der Waals surface area contributed by atoms with Crippen LogP contribution < -0.4 is 0 Å². The standard InChI is InChI=1S/C30H34N4/c1-9-33-25-13-14-26(33)21(7)28-18(4)19(5)29(32-28)22(8)30-20(6)17(3)27(34(30)10-2)16-24-12-11-23(15-25)31-24/h11-16H,9-10H2,1-8H3. The van der Waals surface area contributed by atoms with Crippen LogP contribution in [0.25, 0.3) is 45.4 Å². The first-order chi connectivity index (χ1) is 16.3. The van der Waals surface area contributed by atoms with Crippen molar-refractivity contribution >= 4 is 45.4 Å². The number of hydrogen-bond acceptors (Lipinski definition) is 2. The van der Waals surface area contributed by atoms with Gasteiger partial charge in [-0.3, -0.25) is 0 Å². The molecule has 3 aromatic rings. The van der Waals surface area contributed by atoms with Crippen molar-refractivity contribution in [2.24, 2.45) is 0 Å². The minimum absolute atomic E-state index is 0.894. The number of nitrogens with zero attached hydrogens (tertiary/aromatic N) is 4. The van der Waals surface area contributed by atoms with Gasteiger partial charge in [0.05, 0.1) is 22.8 Å². The second kappa shape index (κ2) is 8.12. The van der Waals surface area contributed by atoms with Crippen LogP contribution in [0.2, 0.25) is 0 Å². The summed E-state index contributed by atoms with van der Waals surface area (Å²) in [5.74, 6) is 0. The van der Waals surface area contributed by atoms with Gasteiger partial charge in [-0.2, -0.15) is 0 Å². The Balaban J connectivity index is 2.07. The Bertz CT molecular complexity index is 1570. The molecule has 0 radical (unpaired) electrons. The molecule has 0 aliphatic carbocycles. The number of aromatic nitrogens is 4. The molecule has 2 aliphatic heterocycles.